The van der Waals surface area contributed by atoms with Gasteiger partial charge in [0.25, 0.3) is 5.60 Å². The van der Waals surface area contributed by atoms with Crippen molar-refractivity contribution in [2.45, 2.75) is 60.9 Å². The van der Waals surface area contributed by atoms with Crippen LogP contribution < -0.4 is 11.1 Å². The van der Waals surface area contributed by atoms with E-state index in [0.29, 0.717) is 12.8 Å². The Morgan fingerprint density at radius 1 is 1.11 bits per heavy atom. The molecule has 3 aliphatic heterocycles. The standard InChI is InChI=1S/C25H30F6N6O5S2/c26-24(27,28)23(39,25(29,30)31)14-8-33-21(34-9-14)22(13-37-16-6-18(38)7-17(37)11-42-10-16)12-36(4-3-35-22)44(40,41)20-5-15(32)1-2-19(20)43/h1,5,8-9,16-18,35,38-39H,2-4,6-7,10-13,32H2/t16?,17?,18?,22-/m1/s1. The summed E-state index contributed by atoms with van der Waals surface area (Å²) >= 11 is 5.29. The largest absolute Gasteiger partial charge is 0.430 e. The maximum Gasteiger partial charge on any atom is 0.430 e. The predicted octanol–water partition coefficient (Wildman–Crippen LogP) is 0.943. The molecule has 44 heavy (non-hydrogen) atoms. The molecule has 4 aliphatic rings. The van der Waals surface area contributed by atoms with Crippen LogP contribution in [0.25, 0.3) is 0 Å². The molecule has 4 heterocycles. The summed E-state index contributed by atoms with van der Waals surface area (Å²) in [4.78, 5) is 9.63. The van der Waals surface area contributed by atoms with E-state index in [-0.39, 0.29) is 91.6 Å². The van der Waals surface area contributed by atoms with E-state index in [4.69, 9.17) is 22.7 Å². The molecular weight excluding hydrogens is 642 g/mol. The van der Waals surface area contributed by atoms with Gasteiger partial charge in [-0.2, -0.15) is 30.6 Å². The number of allylic oxidation sites excluding steroid dienone is 3. The molecule has 0 aromatic carbocycles. The number of morpholine rings is 1. The SMILES string of the molecule is NC1=CCC(=S)C(S(=O)(=O)N2CCN[C@](CN3C4COCC3CC(O)C4)(c3ncc(C(O)(C(F)(F)F)C(F)(F)F)cn3)C2)=C1. The summed E-state index contributed by atoms with van der Waals surface area (Å²) in [5.74, 6) is -0.294. The van der Waals surface area contributed by atoms with Crippen molar-refractivity contribution in [2.24, 2.45) is 5.73 Å². The van der Waals surface area contributed by atoms with Gasteiger partial charge in [-0.25, -0.2) is 18.4 Å². The first-order valence-corrected chi connectivity index (χ1v) is 15.4. The number of alkyl halides is 6. The zero-order valence-corrected chi connectivity index (χ0v) is 24.6. The number of aromatic nitrogens is 2. The summed E-state index contributed by atoms with van der Waals surface area (Å²) in [6.07, 6.45) is -8.85. The highest BCUT2D eigenvalue weighted by Crippen LogP contribution is 2.49. The molecule has 3 atom stereocenters. The lowest BCUT2D eigenvalue weighted by Gasteiger charge is -2.52. The molecule has 1 aromatic rings. The summed E-state index contributed by atoms with van der Waals surface area (Å²) in [5, 5.41) is 23.4. The van der Waals surface area contributed by atoms with Gasteiger partial charge in [-0.3, -0.25) is 4.90 Å². The molecule has 0 saturated carbocycles. The van der Waals surface area contributed by atoms with Crippen molar-refractivity contribution in [1.29, 1.82) is 0 Å². The zero-order chi connectivity index (χ0) is 32.3. The minimum atomic E-state index is -6.14. The third kappa shape index (κ3) is 5.76. The molecule has 0 spiro atoms. The molecule has 19 heteroatoms. The second-order valence-electron chi connectivity index (χ2n) is 11.3. The lowest BCUT2D eigenvalue weighted by molar-refractivity contribution is -0.376. The van der Waals surface area contributed by atoms with Crippen molar-refractivity contribution >= 4 is 27.1 Å². The van der Waals surface area contributed by atoms with Crippen LogP contribution in [0.1, 0.15) is 30.7 Å². The van der Waals surface area contributed by atoms with E-state index >= 15 is 0 Å². The van der Waals surface area contributed by atoms with Gasteiger partial charge >= 0.3 is 12.4 Å². The van der Waals surface area contributed by atoms with Gasteiger partial charge in [0.1, 0.15) is 5.54 Å². The number of aliphatic hydroxyl groups excluding tert-OH is 1. The van der Waals surface area contributed by atoms with Crippen LogP contribution in [-0.4, -0.2) is 113 Å². The van der Waals surface area contributed by atoms with Crippen LogP contribution in [0, 0.1) is 0 Å². The number of fused-ring (bicyclic) bond motifs is 2. The summed E-state index contributed by atoms with van der Waals surface area (Å²) in [5.41, 5.74) is -2.40. The van der Waals surface area contributed by atoms with Gasteiger partial charge in [-0.1, -0.05) is 18.3 Å². The maximum absolute atomic E-state index is 13.8. The van der Waals surface area contributed by atoms with Gasteiger partial charge < -0.3 is 26.0 Å². The molecule has 5 N–H and O–H groups in total. The summed E-state index contributed by atoms with van der Waals surface area (Å²) in [6.45, 7) is 0.0265. The molecule has 0 amide bonds. The van der Waals surface area contributed by atoms with Gasteiger partial charge in [-0.15, -0.1) is 0 Å². The number of halogens is 6. The highest BCUT2D eigenvalue weighted by molar-refractivity contribution is 7.96. The normalized spacial score (nSPS) is 29.7. The van der Waals surface area contributed by atoms with E-state index in [2.05, 4.69) is 15.3 Å². The van der Waals surface area contributed by atoms with Gasteiger partial charge in [0.2, 0.25) is 10.0 Å². The smallest absolute Gasteiger partial charge is 0.399 e. The second-order valence-corrected chi connectivity index (χ2v) is 13.7. The lowest BCUT2D eigenvalue weighted by Crippen LogP contribution is -2.68. The van der Waals surface area contributed by atoms with E-state index in [1.165, 1.54) is 6.08 Å². The molecule has 11 nitrogen and oxygen atoms in total. The van der Waals surface area contributed by atoms with Gasteiger partial charge in [0, 0.05) is 73.2 Å². The molecule has 244 valence electrons. The van der Waals surface area contributed by atoms with Crippen molar-refractivity contribution in [3.8, 4) is 0 Å². The van der Waals surface area contributed by atoms with E-state index in [9.17, 15) is 45.0 Å². The number of aliphatic hydroxyl groups is 2. The number of piperazine rings is 1. The Hall–Kier alpha value is -2.26. The zero-order valence-electron chi connectivity index (χ0n) is 23.0. The average molecular weight is 673 g/mol. The van der Waals surface area contributed by atoms with Crippen molar-refractivity contribution in [3.63, 3.8) is 0 Å². The van der Waals surface area contributed by atoms with Gasteiger partial charge in [0.15, 0.2) is 5.82 Å². The number of hydrogen-bond acceptors (Lipinski definition) is 11. The Balaban J connectivity index is 1.57. The minimum Gasteiger partial charge on any atom is -0.399 e. The highest BCUT2D eigenvalue weighted by atomic mass is 32.2. The molecule has 2 unspecified atom stereocenters. The Morgan fingerprint density at radius 3 is 2.27 bits per heavy atom. The first-order valence-electron chi connectivity index (χ1n) is 13.5. The van der Waals surface area contributed by atoms with Crippen molar-refractivity contribution < 1.29 is 49.7 Å². The second kappa shape index (κ2) is 11.5. The number of sulfonamides is 1. The molecule has 0 radical (unpaired) electrons. The molecule has 3 saturated heterocycles. The van der Waals surface area contributed by atoms with E-state index < -0.39 is 45.2 Å². The first kappa shape index (κ1) is 33.1. The minimum absolute atomic E-state index is 0.00699. The topological polar surface area (TPSA) is 154 Å². The number of nitrogens with two attached hydrogens (primary N) is 1. The van der Waals surface area contributed by atoms with Crippen molar-refractivity contribution in [1.82, 2.24) is 24.5 Å². The third-order valence-electron chi connectivity index (χ3n) is 8.40. The molecule has 1 aromatic heterocycles. The van der Waals surface area contributed by atoms with E-state index in [1.54, 1.807) is 6.08 Å². The molecule has 2 bridgehead atoms. The summed E-state index contributed by atoms with van der Waals surface area (Å²) in [7, 11) is -4.27. The van der Waals surface area contributed by atoms with Gasteiger partial charge in [0.05, 0.1) is 24.2 Å². The third-order valence-corrected chi connectivity index (χ3v) is 10.8. The maximum atomic E-state index is 13.8. The lowest BCUT2D eigenvalue weighted by atomic mass is 9.87. The summed E-state index contributed by atoms with van der Waals surface area (Å²) < 4.78 is 116. The first-order chi connectivity index (χ1) is 20.4. The monoisotopic (exact) mass is 672 g/mol. The molecular formula is C25H30F6N6O5S2. The van der Waals surface area contributed by atoms with E-state index in [0.717, 1.165) is 4.31 Å². The van der Waals surface area contributed by atoms with Crippen LogP contribution >= 0.6 is 12.2 Å². The van der Waals surface area contributed by atoms with Crippen LogP contribution in [0.4, 0.5) is 26.3 Å². The molecule has 5 rings (SSSR count). The number of hydrogen-bond donors (Lipinski definition) is 4. The van der Waals surface area contributed by atoms with Crippen LogP contribution in [0.15, 0.2) is 35.1 Å². The predicted molar refractivity (Wildman–Crippen MR) is 146 cm³/mol. The fraction of sp³-hybridized carbons (Fsp3) is 0.640. The number of nitrogens with zero attached hydrogens (tertiary/aromatic N) is 4. The molecule has 1 aliphatic carbocycles. The Kier molecular flexibility index (Phi) is 8.67. The number of ether oxygens (including phenoxy) is 1. The van der Waals surface area contributed by atoms with Crippen LogP contribution in [-0.2, 0) is 25.9 Å². The van der Waals surface area contributed by atoms with Crippen LogP contribution in [0.2, 0.25) is 0 Å². The van der Waals surface area contributed by atoms with E-state index in [1.807, 2.05) is 4.90 Å². The van der Waals surface area contributed by atoms with Gasteiger partial charge in [-0.05, 0) is 18.9 Å². The van der Waals surface area contributed by atoms with Crippen molar-refractivity contribution in [3.05, 3.63) is 46.5 Å². The fourth-order valence-corrected chi connectivity index (χ4v) is 8.24. The highest BCUT2D eigenvalue weighted by Gasteiger charge is 2.72. The van der Waals surface area contributed by atoms with Crippen LogP contribution in [0.5, 0.6) is 0 Å². The quantitative estimate of drug-likeness (QED) is 0.252. The average Bonchev–Trinajstić information content (AvgIpc) is 2.93. The van der Waals surface area contributed by atoms with Crippen molar-refractivity contribution in [2.75, 3.05) is 39.4 Å². The number of thiocarbonyl (C=S) groups is 1. The Bertz CT molecular complexity index is 1430. The van der Waals surface area contributed by atoms with Crippen LogP contribution in [0.3, 0.4) is 0 Å². The molecule has 3 fully saturated rings. The number of nitrogens with one attached hydrogen (secondary N) is 1. The number of piperidine rings is 1. The Morgan fingerprint density at radius 2 is 1.70 bits per heavy atom. The fourth-order valence-electron chi connectivity index (χ4n) is 6.13. The Labute approximate surface area is 253 Å². The summed E-state index contributed by atoms with van der Waals surface area (Å²) in [6, 6.07) is -0.636. The number of rotatable bonds is 6.